The SMILES string of the molecule is CC(=O)O[C@H]([C@H]1C[C@@H](C)C2=C(O1)[C@H](O)[C@@]1(C)[C@@H]3CC[C@H]4C(C)(C)[C@@H](O)CC[C@@]45C[C@@]35CC[C@]21C)C(C)(C)O. The second-order valence-corrected chi connectivity index (χ2v) is 15.8. The summed E-state index contributed by atoms with van der Waals surface area (Å²) in [5, 5.41) is 34.1. The molecule has 11 atom stereocenters. The summed E-state index contributed by atoms with van der Waals surface area (Å²) in [5.41, 5.74) is -0.0251. The molecule has 6 nitrogen and oxygen atoms in total. The lowest BCUT2D eigenvalue weighted by atomic mass is 9.41. The fourth-order valence-electron chi connectivity index (χ4n) is 11.7. The van der Waals surface area contributed by atoms with Crippen LogP contribution in [0.2, 0.25) is 0 Å². The van der Waals surface area contributed by atoms with Gasteiger partial charge in [-0.3, -0.25) is 4.79 Å². The number of allylic oxidation sites excluding steroid dienone is 1. The molecule has 0 radical (unpaired) electrons. The van der Waals surface area contributed by atoms with Crippen LogP contribution in [0.4, 0.5) is 0 Å². The largest absolute Gasteiger partial charge is 0.488 e. The Morgan fingerprint density at radius 2 is 1.66 bits per heavy atom. The van der Waals surface area contributed by atoms with Crippen molar-refractivity contribution in [2.45, 2.75) is 137 Å². The zero-order chi connectivity index (χ0) is 27.8. The van der Waals surface area contributed by atoms with Gasteiger partial charge in [-0.15, -0.1) is 0 Å². The Kier molecular flexibility index (Phi) is 5.55. The smallest absolute Gasteiger partial charge is 0.303 e. The van der Waals surface area contributed by atoms with Crippen LogP contribution in [0.25, 0.3) is 0 Å². The Bertz CT molecular complexity index is 1070. The van der Waals surface area contributed by atoms with Gasteiger partial charge in [0.15, 0.2) is 6.10 Å². The number of carbonyl (C=O) groups is 1. The first-order chi connectivity index (χ1) is 17.5. The lowest BCUT2D eigenvalue weighted by molar-refractivity contribution is -0.184. The van der Waals surface area contributed by atoms with Gasteiger partial charge in [0.1, 0.15) is 18.0 Å². The Balaban J connectivity index is 1.36. The van der Waals surface area contributed by atoms with E-state index in [0.29, 0.717) is 29.4 Å². The molecule has 3 N–H and O–H groups in total. The third-order valence-corrected chi connectivity index (χ3v) is 13.5. The minimum absolute atomic E-state index is 0.0617. The Hall–Kier alpha value is -1.11. The first-order valence-corrected chi connectivity index (χ1v) is 15.1. The predicted molar refractivity (Wildman–Crippen MR) is 144 cm³/mol. The molecule has 1 aliphatic heterocycles. The summed E-state index contributed by atoms with van der Waals surface area (Å²) in [4.78, 5) is 11.9. The molecule has 2 spiro atoms. The maximum Gasteiger partial charge on any atom is 0.303 e. The third kappa shape index (κ3) is 3.04. The number of rotatable bonds is 3. The van der Waals surface area contributed by atoms with Gasteiger partial charge in [-0.25, -0.2) is 0 Å². The minimum Gasteiger partial charge on any atom is -0.488 e. The molecule has 4 fully saturated rings. The monoisotopic (exact) mass is 530 g/mol. The van der Waals surface area contributed by atoms with Crippen LogP contribution in [0.1, 0.15) is 107 Å². The van der Waals surface area contributed by atoms with Crippen molar-refractivity contribution < 1.29 is 29.6 Å². The van der Waals surface area contributed by atoms with Crippen molar-refractivity contribution in [3.63, 3.8) is 0 Å². The molecular formula is C32H50O6. The van der Waals surface area contributed by atoms with Crippen LogP contribution in [0.15, 0.2) is 11.3 Å². The van der Waals surface area contributed by atoms with E-state index in [1.807, 2.05) is 0 Å². The highest BCUT2D eigenvalue weighted by molar-refractivity contribution is 5.66. The first kappa shape index (κ1) is 27.1. The highest BCUT2D eigenvalue weighted by atomic mass is 16.6. The van der Waals surface area contributed by atoms with Crippen LogP contribution >= 0.6 is 0 Å². The van der Waals surface area contributed by atoms with E-state index in [4.69, 9.17) is 9.47 Å². The van der Waals surface area contributed by atoms with E-state index in [0.717, 1.165) is 32.1 Å². The normalized spacial score (nSPS) is 51.4. The summed E-state index contributed by atoms with van der Waals surface area (Å²) in [6.07, 6.45) is 6.06. The van der Waals surface area contributed by atoms with E-state index in [2.05, 4.69) is 34.6 Å². The van der Waals surface area contributed by atoms with Gasteiger partial charge in [0.2, 0.25) is 0 Å². The zero-order valence-electron chi connectivity index (χ0n) is 24.8. The van der Waals surface area contributed by atoms with Gasteiger partial charge in [-0.2, -0.15) is 0 Å². The average molecular weight is 531 g/mol. The molecule has 0 saturated heterocycles. The summed E-state index contributed by atoms with van der Waals surface area (Å²) in [6, 6.07) is 0. The lowest BCUT2D eigenvalue weighted by Gasteiger charge is -2.63. The highest BCUT2D eigenvalue weighted by Crippen LogP contribution is 2.89. The van der Waals surface area contributed by atoms with E-state index in [9.17, 15) is 20.1 Å². The number of carbonyl (C=O) groups excluding carboxylic acids is 1. The van der Waals surface area contributed by atoms with Crippen molar-refractivity contribution >= 4 is 5.97 Å². The molecule has 0 unspecified atom stereocenters. The van der Waals surface area contributed by atoms with Crippen molar-refractivity contribution in [3.05, 3.63) is 11.3 Å². The molecule has 6 rings (SSSR count). The fourth-order valence-corrected chi connectivity index (χ4v) is 11.7. The van der Waals surface area contributed by atoms with Crippen molar-refractivity contribution in [3.8, 4) is 0 Å². The number of aliphatic hydroxyl groups excluding tert-OH is 2. The minimum atomic E-state index is -1.26. The third-order valence-electron chi connectivity index (χ3n) is 13.5. The number of fused-ring (bicyclic) bond motifs is 3. The first-order valence-electron chi connectivity index (χ1n) is 15.1. The van der Waals surface area contributed by atoms with Gasteiger partial charge >= 0.3 is 5.97 Å². The number of esters is 1. The van der Waals surface area contributed by atoms with E-state index in [1.165, 1.54) is 25.3 Å². The van der Waals surface area contributed by atoms with Crippen LogP contribution in [-0.2, 0) is 14.3 Å². The fraction of sp³-hybridized carbons (Fsp3) is 0.906. The van der Waals surface area contributed by atoms with Crippen LogP contribution < -0.4 is 0 Å². The summed E-state index contributed by atoms with van der Waals surface area (Å²) in [6.45, 7) is 16.2. The Morgan fingerprint density at radius 1 is 1.03 bits per heavy atom. The molecule has 0 aromatic rings. The van der Waals surface area contributed by atoms with Crippen LogP contribution in [0.5, 0.6) is 0 Å². The average Bonchev–Trinajstić information content (AvgIpc) is 3.44. The van der Waals surface area contributed by atoms with Crippen LogP contribution in [0, 0.1) is 44.8 Å². The van der Waals surface area contributed by atoms with Gasteiger partial charge in [0.05, 0.1) is 11.7 Å². The van der Waals surface area contributed by atoms with Gasteiger partial charge in [0, 0.05) is 17.8 Å². The van der Waals surface area contributed by atoms with E-state index in [-0.39, 0.29) is 33.7 Å². The molecule has 0 amide bonds. The van der Waals surface area contributed by atoms with Crippen molar-refractivity contribution in [1.29, 1.82) is 0 Å². The molecule has 1 heterocycles. The molecule has 6 heteroatoms. The van der Waals surface area contributed by atoms with Gasteiger partial charge in [-0.05, 0) is 105 Å². The van der Waals surface area contributed by atoms with E-state index >= 15 is 0 Å². The summed E-state index contributed by atoms with van der Waals surface area (Å²) in [5.74, 6) is 1.36. The summed E-state index contributed by atoms with van der Waals surface area (Å²) in [7, 11) is 0. The summed E-state index contributed by atoms with van der Waals surface area (Å²) < 4.78 is 12.3. The molecule has 0 aromatic heterocycles. The van der Waals surface area contributed by atoms with Gasteiger partial charge < -0.3 is 24.8 Å². The topological polar surface area (TPSA) is 96.2 Å². The Labute approximate surface area is 228 Å². The molecule has 38 heavy (non-hydrogen) atoms. The van der Waals surface area contributed by atoms with Crippen molar-refractivity contribution in [1.82, 2.24) is 0 Å². The lowest BCUT2D eigenvalue weighted by Crippen LogP contribution is -2.59. The second kappa shape index (κ2) is 7.79. The number of ether oxygens (including phenoxy) is 2. The van der Waals surface area contributed by atoms with Crippen molar-refractivity contribution in [2.24, 2.45) is 44.8 Å². The Morgan fingerprint density at radius 3 is 2.29 bits per heavy atom. The molecule has 0 bridgehead atoms. The van der Waals surface area contributed by atoms with E-state index < -0.39 is 29.9 Å². The van der Waals surface area contributed by atoms with Gasteiger partial charge in [-0.1, -0.05) is 34.6 Å². The molecule has 6 aliphatic rings. The quantitative estimate of drug-likeness (QED) is 0.438. The zero-order valence-corrected chi connectivity index (χ0v) is 24.8. The molecular weight excluding hydrogens is 480 g/mol. The number of aliphatic hydroxyl groups is 3. The molecule has 0 aromatic carbocycles. The summed E-state index contributed by atoms with van der Waals surface area (Å²) >= 11 is 0. The molecule has 5 aliphatic carbocycles. The number of hydrogen-bond donors (Lipinski definition) is 3. The standard InChI is InChI=1S/C32H50O6/c1-17-15-19(26(28(5,6)36)37-18(2)33)38-24-23(17)29(7)13-14-32-16-31(32)12-11-22(34)27(3,4)20(31)9-10-21(32)30(29,8)25(24)35/h17,19-22,25-26,34-36H,9-16H2,1-8H3/t17-,19-,20+,21+,22+,25+,26-,29-,30-,31-,32+/m1/s1. The maximum absolute atomic E-state index is 12.3. The number of hydrogen-bond acceptors (Lipinski definition) is 6. The molecule has 4 saturated carbocycles. The maximum atomic E-state index is 12.3. The molecule has 214 valence electrons. The van der Waals surface area contributed by atoms with E-state index in [1.54, 1.807) is 13.8 Å². The van der Waals surface area contributed by atoms with Crippen LogP contribution in [0.3, 0.4) is 0 Å². The second-order valence-electron chi connectivity index (χ2n) is 15.8. The van der Waals surface area contributed by atoms with Gasteiger partial charge in [0.25, 0.3) is 0 Å². The van der Waals surface area contributed by atoms with Crippen molar-refractivity contribution in [2.75, 3.05) is 0 Å². The predicted octanol–water partition coefficient (Wildman–Crippen LogP) is 5.13. The van der Waals surface area contributed by atoms with Crippen LogP contribution in [-0.4, -0.2) is 51.3 Å². The highest BCUT2D eigenvalue weighted by Gasteiger charge is 2.83.